The summed E-state index contributed by atoms with van der Waals surface area (Å²) in [6, 6.07) is 18.0. The van der Waals surface area contributed by atoms with Crippen LogP contribution in [0.15, 0.2) is 48.5 Å². The molecule has 1 N–H and O–H groups in total. The van der Waals surface area contributed by atoms with Crippen molar-refractivity contribution in [2.24, 2.45) is 0 Å². The predicted octanol–water partition coefficient (Wildman–Crippen LogP) is 4.30. The Hall–Kier alpha value is -1.80. The van der Waals surface area contributed by atoms with E-state index in [1.54, 1.807) is 0 Å². The Kier molecular flexibility index (Phi) is 5.40. The van der Waals surface area contributed by atoms with Crippen LogP contribution >= 0.6 is 0 Å². The van der Waals surface area contributed by atoms with Gasteiger partial charge in [0.25, 0.3) is 0 Å². The van der Waals surface area contributed by atoms with Gasteiger partial charge in [0, 0.05) is 25.3 Å². The van der Waals surface area contributed by atoms with Crippen LogP contribution in [0.5, 0.6) is 0 Å². The number of anilines is 1. The molecule has 1 unspecified atom stereocenters. The van der Waals surface area contributed by atoms with Crippen molar-refractivity contribution in [2.45, 2.75) is 32.9 Å². The number of rotatable bonds is 6. The molecule has 0 aliphatic carbocycles. The molecule has 0 spiro atoms. The molecule has 21 heavy (non-hydrogen) atoms. The molecule has 0 amide bonds. The first-order chi connectivity index (χ1) is 10.1. The van der Waals surface area contributed by atoms with Crippen molar-refractivity contribution in [2.75, 3.05) is 19.0 Å². The van der Waals surface area contributed by atoms with E-state index in [9.17, 15) is 0 Å². The number of hydrogen-bond acceptors (Lipinski definition) is 2. The fourth-order valence-electron chi connectivity index (χ4n) is 2.74. The van der Waals surface area contributed by atoms with Crippen molar-refractivity contribution in [1.82, 2.24) is 5.32 Å². The van der Waals surface area contributed by atoms with Gasteiger partial charge < -0.3 is 10.2 Å². The summed E-state index contributed by atoms with van der Waals surface area (Å²) in [7, 11) is 4.17. The van der Waals surface area contributed by atoms with Gasteiger partial charge in [0.2, 0.25) is 0 Å². The number of nitrogens with zero attached hydrogens (tertiary/aromatic N) is 1. The molecule has 0 saturated carbocycles. The summed E-state index contributed by atoms with van der Waals surface area (Å²) >= 11 is 0. The monoisotopic (exact) mass is 282 g/mol. The van der Waals surface area contributed by atoms with E-state index < -0.39 is 0 Å². The van der Waals surface area contributed by atoms with Gasteiger partial charge in [-0.3, -0.25) is 0 Å². The lowest BCUT2D eigenvalue weighted by Gasteiger charge is -2.21. The van der Waals surface area contributed by atoms with E-state index in [-0.39, 0.29) is 0 Å². The van der Waals surface area contributed by atoms with Crippen molar-refractivity contribution in [3.63, 3.8) is 0 Å². The van der Waals surface area contributed by atoms with Gasteiger partial charge in [0.1, 0.15) is 0 Å². The first kappa shape index (κ1) is 15.6. The van der Waals surface area contributed by atoms with Crippen molar-refractivity contribution < 1.29 is 0 Å². The Labute approximate surface area is 128 Å². The number of nitrogens with one attached hydrogen (secondary N) is 1. The molecular formula is C19H26N2. The summed E-state index contributed by atoms with van der Waals surface area (Å²) in [5.74, 6) is 0. The van der Waals surface area contributed by atoms with Gasteiger partial charge in [-0.2, -0.15) is 0 Å². The topological polar surface area (TPSA) is 15.3 Å². The lowest BCUT2D eigenvalue weighted by atomic mass is 10.0. The number of hydrogen-bond donors (Lipinski definition) is 1. The smallest absolute Gasteiger partial charge is 0.0426 e. The van der Waals surface area contributed by atoms with Crippen LogP contribution in [0.2, 0.25) is 0 Å². The van der Waals surface area contributed by atoms with Crippen LogP contribution in [0, 0.1) is 6.92 Å². The number of benzene rings is 2. The molecule has 0 fully saturated rings. The molecule has 0 aliphatic rings. The predicted molar refractivity (Wildman–Crippen MR) is 91.8 cm³/mol. The highest BCUT2D eigenvalue weighted by Gasteiger charge is 2.07. The lowest BCUT2D eigenvalue weighted by Crippen LogP contribution is -2.17. The Morgan fingerprint density at radius 1 is 1.10 bits per heavy atom. The molecule has 0 saturated heterocycles. The summed E-state index contributed by atoms with van der Waals surface area (Å²) in [6.45, 7) is 5.28. The zero-order valence-electron chi connectivity index (χ0n) is 13.6. The highest BCUT2D eigenvalue weighted by atomic mass is 15.1. The maximum Gasteiger partial charge on any atom is 0.0426 e. The summed E-state index contributed by atoms with van der Waals surface area (Å²) < 4.78 is 0. The summed E-state index contributed by atoms with van der Waals surface area (Å²) in [4.78, 5) is 2.29. The molecule has 2 aromatic carbocycles. The van der Waals surface area contributed by atoms with E-state index in [2.05, 4.69) is 79.6 Å². The van der Waals surface area contributed by atoms with Crippen molar-refractivity contribution in [3.05, 3.63) is 65.2 Å². The highest BCUT2D eigenvalue weighted by Crippen LogP contribution is 2.21. The molecule has 0 aromatic heterocycles. The second-order valence-electron chi connectivity index (χ2n) is 5.69. The first-order valence-electron chi connectivity index (χ1n) is 7.68. The minimum Gasteiger partial charge on any atom is -0.370 e. The lowest BCUT2D eigenvalue weighted by molar-refractivity contribution is 0.577. The van der Waals surface area contributed by atoms with Gasteiger partial charge in [0.05, 0.1) is 0 Å². The fraction of sp³-hybridized carbons (Fsp3) is 0.368. The van der Waals surface area contributed by atoms with Crippen LogP contribution in [-0.2, 0) is 6.54 Å². The van der Waals surface area contributed by atoms with E-state index in [4.69, 9.17) is 0 Å². The van der Waals surface area contributed by atoms with E-state index in [0.29, 0.717) is 6.04 Å². The second kappa shape index (κ2) is 7.28. The van der Waals surface area contributed by atoms with Gasteiger partial charge in [-0.1, -0.05) is 48.9 Å². The Balaban J connectivity index is 2.07. The van der Waals surface area contributed by atoms with E-state index in [0.717, 1.165) is 13.0 Å². The molecule has 0 aliphatic heterocycles. The molecule has 112 valence electrons. The van der Waals surface area contributed by atoms with Gasteiger partial charge in [-0.05, 0) is 43.7 Å². The fourth-order valence-corrected chi connectivity index (χ4v) is 2.74. The summed E-state index contributed by atoms with van der Waals surface area (Å²) in [5.41, 5.74) is 5.28. The Morgan fingerprint density at radius 3 is 2.38 bits per heavy atom. The third-order valence-electron chi connectivity index (χ3n) is 4.00. The second-order valence-corrected chi connectivity index (χ2v) is 5.69. The van der Waals surface area contributed by atoms with E-state index in [1.165, 1.54) is 22.4 Å². The molecule has 2 rings (SSSR count). The maximum absolute atomic E-state index is 3.35. The largest absolute Gasteiger partial charge is 0.370 e. The van der Waals surface area contributed by atoms with Crippen LogP contribution in [0.1, 0.15) is 36.1 Å². The SMILES string of the molecule is CCC(NC)c1ccc(N(C)Cc2cccc(C)c2)cc1. The van der Waals surface area contributed by atoms with Gasteiger partial charge in [0.15, 0.2) is 0 Å². The zero-order chi connectivity index (χ0) is 15.2. The normalized spacial score (nSPS) is 12.2. The molecule has 1 atom stereocenters. The molecule has 0 radical (unpaired) electrons. The van der Waals surface area contributed by atoms with Gasteiger partial charge in [-0.25, -0.2) is 0 Å². The molecular weight excluding hydrogens is 256 g/mol. The van der Waals surface area contributed by atoms with Crippen molar-refractivity contribution >= 4 is 5.69 Å². The quantitative estimate of drug-likeness (QED) is 0.849. The molecule has 2 heteroatoms. The summed E-state index contributed by atoms with van der Waals surface area (Å²) in [6.07, 6.45) is 1.11. The molecule has 0 heterocycles. The summed E-state index contributed by atoms with van der Waals surface area (Å²) in [5, 5.41) is 3.35. The van der Waals surface area contributed by atoms with Crippen LogP contribution in [0.3, 0.4) is 0 Å². The van der Waals surface area contributed by atoms with E-state index >= 15 is 0 Å². The van der Waals surface area contributed by atoms with Crippen molar-refractivity contribution in [1.29, 1.82) is 0 Å². The third kappa shape index (κ3) is 4.08. The number of aryl methyl sites for hydroxylation is 1. The molecule has 2 aromatic rings. The van der Waals surface area contributed by atoms with Crippen molar-refractivity contribution in [3.8, 4) is 0 Å². The highest BCUT2D eigenvalue weighted by molar-refractivity contribution is 5.48. The van der Waals surface area contributed by atoms with Crippen LogP contribution in [-0.4, -0.2) is 14.1 Å². The van der Waals surface area contributed by atoms with E-state index in [1.807, 2.05) is 7.05 Å². The minimum atomic E-state index is 0.445. The standard InChI is InChI=1S/C19H26N2/c1-5-19(20-3)17-9-11-18(12-10-17)21(4)14-16-8-6-7-15(2)13-16/h6-13,19-20H,5,14H2,1-4H3. The molecule has 0 bridgehead atoms. The zero-order valence-corrected chi connectivity index (χ0v) is 13.6. The van der Waals surface area contributed by atoms with Crippen LogP contribution < -0.4 is 10.2 Å². The van der Waals surface area contributed by atoms with Gasteiger partial charge in [-0.15, -0.1) is 0 Å². The van der Waals surface area contributed by atoms with Gasteiger partial charge >= 0.3 is 0 Å². The first-order valence-corrected chi connectivity index (χ1v) is 7.68. The maximum atomic E-state index is 3.35. The minimum absolute atomic E-state index is 0.445. The van der Waals surface area contributed by atoms with Crippen LogP contribution in [0.4, 0.5) is 5.69 Å². The average molecular weight is 282 g/mol. The average Bonchev–Trinajstić information content (AvgIpc) is 2.49. The van der Waals surface area contributed by atoms with Crippen LogP contribution in [0.25, 0.3) is 0 Å². The molecule has 2 nitrogen and oxygen atoms in total. The Bertz CT molecular complexity index is 556. The third-order valence-corrected chi connectivity index (χ3v) is 4.00. The Morgan fingerprint density at radius 2 is 1.81 bits per heavy atom.